The van der Waals surface area contributed by atoms with E-state index in [1.54, 1.807) is 4.90 Å². The van der Waals surface area contributed by atoms with E-state index in [4.69, 9.17) is 0 Å². The fraction of sp³-hybridized carbons (Fsp3) is 0.200. The Kier molecular flexibility index (Phi) is 5.29. The minimum absolute atomic E-state index is 0.0483. The van der Waals surface area contributed by atoms with Crippen LogP contribution in [0.4, 0.5) is 0 Å². The molecule has 0 radical (unpaired) electrons. The molecule has 40 heavy (non-hydrogen) atoms. The zero-order chi connectivity index (χ0) is 26.8. The van der Waals surface area contributed by atoms with Crippen molar-refractivity contribution in [2.75, 3.05) is 26.2 Å². The van der Waals surface area contributed by atoms with Crippen molar-refractivity contribution in [3.05, 3.63) is 108 Å². The largest absolute Gasteiger partial charge is 0.327 e. The van der Waals surface area contributed by atoms with E-state index < -0.39 is 6.04 Å². The van der Waals surface area contributed by atoms with E-state index in [0.717, 1.165) is 29.4 Å². The lowest BCUT2D eigenvalue weighted by Gasteiger charge is -2.46. The molecule has 6 aromatic carbocycles. The van der Waals surface area contributed by atoms with E-state index >= 15 is 0 Å². The average Bonchev–Trinajstić information content (AvgIpc) is 2.99. The van der Waals surface area contributed by atoms with E-state index in [2.05, 4.69) is 83.8 Å². The number of piperazine rings is 2. The SMILES string of the molecule is O=C1C2CN(Cc3ccc4ccc5cccc6ccc3c4c56)CCN2C(=O)CN1Cc1cccc2ccccc12. The molecule has 5 nitrogen and oxygen atoms in total. The van der Waals surface area contributed by atoms with Crippen molar-refractivity contribution in [3.8, 4) is 0 Å². The van der Waals surface area contributed by atoms with Crippen LogP contribution in [-0.4, -0.2) is 58.7 Å². The molecular formula is C35H29N3O2. The van der Waals surface area contributed by atoms with Crippen LogP contribution in [0.25, 0.3) is 43.1 Å². The second-order valence-electron chi connectivity index (χ2n) is 11.3. The standard InChI is InChI=1S/C35H29N3O2/c39-32-22-37(20-27-9-3-6-23-5-1-2-10-29(23)27)35(40)31-21-36(17-18-38(31)32)19-28-14-13-26-12-11-24-7-4-8-25-15-16-30(28)34(26)33(24)25/h1-16,31H,17-22H2. The third-order valence-corrected chi connectivity index (χ3v) is 8.96. The van der Waals surface area contributed by atoms with Gasteiger partial charge < -0.3 is 9.80 Å². The van der Waals surface area contributed by atoms with Gasteiger partial charge in [0.25, 0.3) is 0 Å². The predicted molar refractivity (Wildman–Crippen MR) is 160 cm³/mol. The van der Waals surface area contributed by atoms with Gasteiger partial charge in [-0.3, -0.25) is 14.5 Å². The molecule has 2 heterocycles. The zero-order valence-electron chi connectivity index (χ0n) is 22.2. The highest BCUT2D eigenvalue weighted by Crippen LogP contribution is 2.36. The summed E-state index contributed by atoms with van der Waals surface area (Å²) < 4.78 is 0. The Bertz CT molecular complexity index is 1930. The van der Waals surface area contributed by atoms with Gasteiger partial charge in [-0.25, -0.2) is 0 Å². The molecule has 196 valence electrons. The van der Waals surface area contributed by atoms with Crippen molar-refractivity contribution in [1.29, 1.82) is 0 Å². The first-order valence-electron chi connectivity index (χ1n) is 14.1. The molecule has 0 bridgehead atoms. The first-order chi connectivity index (χ1) is 19.6. The van der Waals surface area contributed by atoms with E-state index in [0.29, 0.717) is 19.6 Å². The Morgan fingerprint density at radius 1 is 0.600 bits per heavy atom. The van der Waals surface area contributed by atoms with Gasteiger partial charge >= 0.3 is 0 Å². The highest BCUT2D eigenvalue weighted by Gasteiger charge is 2.42. The van der Waals surface area contributed by atoms with Crippen LogP contribution in [-0.2, 0) is 22.7 Å². The summed E-state index contributed by atoms with van der Waals surface area (Å²) in [5, 5.41) is 9.97. The van der Waals surface area contributed by atoms with E-state index in [-0.39, 0.29) is 18.4 Å². The second-order valence-corrected chi connectivity index (χ2v) is 11.3. The third kappa shape index (κ3) is 3.65. The molecule has 2 fully saturated rings. The van der Waals surface area contributed by atoms with Crippen LogP contribution in [0.2, 0.25) is 0 Å². The number of rotatable bonds is 4. The van der Waals surface area contributed by atoms with Crippen molar-refractivity contribution in [2.24, 2.45) is 0 Å². The normalized spacial score (nSPS) is 18.4. The van der Waals surface area contributed by atoms with Gasteiger partial charge in [0.1, 0.15) is 12.6 Å². The summed E-state index contributed by atoms with van der Waals surface area (Å²) in [5.74, 6) is 0.0971. The topological polar surface area (TPSA) is 43.9 Å². The van der Waals surface area contributed by atoms with Crippen LogP contribution in [0.3, 0.4) is 0 Å². The van der Waals surface area contributed by atoms with Crippen LogP contribution < -0.4 is 0 Å². The lowest BCUT2D eigenvalue weighted by Crippen LogP contribution is -2.66. The summed E-state index contributed by atoms with van der Waals surface area (Å²) in [4.78, 5) is 32.9. The van der Waals surface area contributed by atoms with Crippen LogP contribution in [0.1, 0.15) is 11.1 Å². The first-order valence-corrected chi connectivity index (χ1v) is 14.1. The molecule has 1 atom stereocenters. The summed E-state index contributed by atoms with van der Waals surface area (Å²) >= 11 is 0. The Morgan fingerprint density at radius 3 is 2.15 bits per heavy atom. The predicted octanol–water partition coefficient (Wildman–Crippen LogP) is 5.79. The number of carbonyl (C=O) groups excluding carboxylic acids is 2. The van der Waals surface area contributed by atoms with E-state index in [1.807, 2.05) is 23.1 Å². The maximum atomic E-state index is 13.8. The number of nitrogens with zero attached hydrogens (tertiary/aromatic N) is 3. The first kappa shape index (κ1) is 23.4. The van der Waals surface area contributed by atoms with Crippen molar-refractivity contribution >= 4 is 54.9 Å². The Balaban J connectivity index is 1.08. The summed E-state index contributed by atoms with van der Waals surface area (Å²) in [6, 6.07) is 33.8. The highest BCUT2D eigenvalue weighted by atomic mass is 16.2. The Morgan fingerprint density at radius 2 is 1.27 bits per heavy atom. The molecule has 0 aromatic heterocycles. The molecular weight excluding hydrogens is 494 g/mol. The highest BCUT2D eigenvalue weighted by molar-refractivity contribution is 6.23. The van der Waals surface area contributed by atoms with E-state index in [1.165, 1.54) is 37.9 Å². The maximum absolute atomic E-state index is 13.8. The molecule has 0 saturated carbocycles. The van der Waals surface area contributed by atoms with Crippen LogP contribution >= 0.6 is 0 Å². The zero-order valence-corrected chi connectivity index (χ0v) is 22.2. The smallest absolute Gasteiger partial charge is 0.247 e. The summed E-state index contributed by atoms with van der Waals surface area (Å²) in [5.41, 5.74) is 2.34. The number of carbonyl (C=O) groups is 2. The number of hydrogen-bond donors (Lipinski definition) is 0. The number of benzene rings is 6. The van der Waals surface area contributed by atoms with Crippen molar-refractivity contribution in [2.45, 2.75) is 19.1 Å². The number of fused-ring (bicyclic) bond motifs is 2. The van der Waals surface area contributed by atoms with Gasteiger partial charge in [-0.1, -0.05) is 97.1 Å². The molecule has 8 rings (SSSR count). The van der Waals surface area contributed by atoms with Crippen LogP contribution in [0, 0.1) is 0 Å². The number of hydrogen-bond acceptors (Lipinski definition) is 3. The molecule has 0 aliphatic carbocycles. The van der Waals surface area contributed by atoms with Gasteiger partial charge in [-0.2, -0.15) is 0 Å². The molecule has 5 heteroatoms. The summed E-state index contributed by atoms with van der Waals surface area (Å²) in [6.45, 7) is 3.25. The van der Waals surface area contributed by atoms with Gasteiger partial charge in [0.2, 0.25) is 11.8 Å². The Hall–Kier alpha value is -4.48. The van der Waals surface area contributed by atoms with Crippen molar-refractivity contribution < 1.29 is 9.59 Å². The van der Waals surface area contributed by atoms with Gasteiger partial charge in [0, 0.05) is 32.7 Å². The molecule has 2 saturated heterocycles. The quantitative estimate of drug-likeness (QED) is 0.275. The molecule has 0 N–H and O–H groups in total. The minimum atomic E-state index is -0.440. The van der Waals surface area contributed by atoms with E-state index in [9.17, 15) is 9.59 Å². The lowest BCUT2D eigenvalue weighted by molar-refractivity contribution is -0.160. The van der Waals surface area contributed by atoms with Gasteiger partial charge in [-0.05, 0) is 54.2 Å². The van der Waals surface area contributed by atoms with Gasteiger partial charge in [0.05, 0.1) is 0 Å². The fourth-order valence-electron chi connectivity index (χ4n) is 6.98. The second kappa shape index (κ2) is 9.04. The summed E-state index contributed by atoms with van der Waals surface area (Å²) in [7, 11) is 0. The molecule has 2 aliphatic rings. The third-order valence-electron chi connectivity index (χ3n) is 8.96. The monoisotopic (exact) mass is 523 g/mol. The average molecular weight is 524 g/mol. The lowest BCUT2D eigenvalue weighted by atomic mass is 9.91. The maximum Gasteiger partial charge on any atom is 0.247 e. The molecule has 0 spiro atoms. The fourth-order valence-corrected chi connectivity index (χ4v) is 6.98. The minimum Gasteiger partial charge on any atom is -0.327 e. The Labute approximate surface area is 232 Å². The van der Waals surface area contributed by atoms with Gasteiger partial charge in [0.15, 0.2) is 0 Å². The number of amides is 2. The molecule has 6 aromatic rings. The van der Waals surface area contributed by atoms with Gasteiger partial charge in [-0.15, -0.1) is 0 Å². The van der Waals surface area contributed by atoms with Crippen LogP contribution in [0.5, 0.6) is 0 Å². The molecule has 1 unspecified atom stereocenters. The van der Waals surface area contributed by atoms with Crippen LogP contribution in [0.15, 0.2) is 97.1 Å². The van der Waals surface area contributed by atoms with Crippen molar-refractivity contribution in [3.63, 3.8) is 0 Å². The van der Waals surface area contributed by atoms with Crippen molar-refractivity contribution in [1.82, 2.24) is 14.7 Å². The molecule has 2 amide bonds. The summed E-state index contributed by atoms with van der Waals surface area (Å²) in [6.07, 6.45) is 0. The molecule has 2 aliphatic heterocycles.